The van der Waals surface area contributed by atoms with Crippen molar-refractivity contribution in [3.63, 3.8) is 0 Å². The van der Waals surface area contributed by atoms with Gasteiger partial charge in [0, 0.05) is 5.56 Å². The Bertz CT molecular complexity index is 713. The molecule has 0 spiro atoms. The Hall–Kier alpha value is -2.23. The molecule has 0 aliphatic heterocycles. The molecule has 0 heterocycles. The second kappa shape index (κ2) is 6.11. The molecule has 1 unspecified atom stereocenters. The number of methoxy groups -OCH3 is 1. The maximum atomic E-state index is 13.9. The number of Topliss-reactive ketones (excluding diaryl/α,β-unsaturated/α-hetero) is 1. The fraction of sp³-hybridized carbons (Fsp3) is 0.316. The third-order valence-electron chi connectivity index (χ3n) is 4.63. The first-order valence-electron chi connectivity index (χ1n) is 7.60. The van der Waals surface area contributed by atoms with Crippen LogP contribution >= 0.6 is 0 Å². The third kappa shape index (κ3) is 2.74. The van der Waals surface area contributed by atoms with Gasteiger partial charge in [0.15, 0.2) is 5.78 Å². The van der Waals surface area contributed by atoms with E-state index < -0.39 is 17.6 Å². The van der Waals surface area contributed by atoms with Gasteiger partial charge in [-0.2, -0.15) is 0 Å². The van der Waals surface area contributed by atoms with E-state index >= 15 is 0 Å². The molecule has 2 aromatic carbocycles. The maximum Gasteiger partial charge on any atom is 0.251 e. The molecule has 4 heteroatoms. The van der Waals surface area contributed by atoms with Crippen molar-refractivity contribution < 1.29 is 18.3 Å². The van der Waals surface area contributed by atoms with E-state index in [2.05, 4.69) is 0 Å². The highest BCUT2D eigenvalue weighted by atomic mass is 19.3. The predicted octanol–water partition coefficient (Wildman–Crippen LogP) is 4.32. The number of fused-ring (bicyclic) bond motifs is 1. The van der Waals surface area contributed by atoms with Crippen LogP contribution in [0.5, 0.6) is 5.75 Å². The van der Waals surface area contributed by atoms with Crippen LogP contribution in [0, 0.1) is 5.41 Å². The van der Waals surface area contributed by atoms with Crippen LogP contribution in [0.25, 0.3) is 0 Å². The van der Waals surface area contributed by atoms with Gasteiger partial charge >= 0.3 is 0 Å². The van der Waals surface area contributed by atoms with Gasteiger partial charge in [-0.15, -0.1) is 0 Å². The van der Waals surface area contributed by atoms with Crippen LogP contribution in [0.15, 0.2) is 48.5 Å². The highest BCUT2D eigenvalue weighted by Crippen LogP contribution is 2.43. The molecule has 0 fully saturated rings. The number of ether oxygens (including phenoxy) is 1. The normalized spacial score (nSPS) is 20.4. The highest BCUT2D eigenvalue weighted by molar-refractivity contribution is 6.03. The summed E-state index contributed by atoms with van der Waals surface area (Å²) in [6.45, 7) is 0. The van der Waals surface area contributed by atoms with Gasteiger partial charge in [0.2, 0.25) is 0 Å². The van der Waals surface area contributed by atoms with Crippen molar-refractivity contribution in [3.8, 4) is 5.75 Å². The van der Waals surface area contributed by atoms with E-state index in [9.17, 15) is 13.6 Å². The predicted molar refractivity (Wildman–Crippen MR) is 84.2 cm³/mol. The maximum absolute atomic E-state index is 13.9. The molecule has 0 saturated heterocycles. The Balaban J connectivity index is 2.00. The number of hydrogen-bond donors (Lipinski definition) is 0. The first-order valence-corrected chi connectivity index (χ1v) is 7.60. The van der Waals surface area contributed by atoms with Crippen molar-refractivity contribution in [1.29, 1.82) is 0 Å². The summed E-state index contributed by atoms with van der Waals surface area (Å²) >= 11 is 0. The van der Waals surface area contributed by atoms with E-state index in [1.165, 1.54) is 0 Å². The van der Waals surface area contributed by atoms with Crippen LogP contribution in [0.2, 0.25) is 0 Å². The lowest BCUT2D eigenvalue weighted by Gasteiger charge is -2.36. The van der Waals surface area contributed by atoms with Crippen molar-refractivity contribution >= 4 is 5.78 Å². The van der Waals surface area contributed by atoms with E-state index in [1.807, 2.05) is 6.07 Å². The van der Waals surface area contributed by atoms with Crippen molar-refractivity contribution in [1.82, 2.24) is 0 Å². The number of aryl methyl sites for hydroxylation is 1. The van der Waals surface area contributed by atoms with E-state index in [4.69, 9.17) is 4.74 Å². The quantitative estimate of drug-likeness (QED) is 0.840. The molecule has 1 aliphatic rings. The number of carbonyl (C=O) groups excluding carboxylic acids is 1. The summed E-state index contributed by atoms with van der Waals surface area (Å²) in [5, 5.41) is 0. The van der Waals surface area contributed by atoms with E-state index in [0.29, 0.717) is 17.7 Å². The number of ketones is 1. The summed E-state index contributed by atoms with van der Waals surface area (Å²) < 4.78 is 33.0. The molecule has 0 aromatic heterocycles. The standard InChI is InChI=1S/C19H18F2O2/c1-23-15-7-8-16-14(11-15)9-10-19(17(16)22,18(20)21)12-13-5-3-2-4-6-13/h2-8,11,18H,9-10,12H2,1H3. The van der Waals surface area contributed by atoms with Gasteiger partial charge in [0.05, 0.1) is 12.5 Å². The SMILES string of the molecule is COc1ccc2c(c1)CCC(Cc1ccccc1)(C(F)F)C2=O. The molecule has 1 aliphatic carbocycles. The van der Waals surface area contributed by atoms with Gasteiger partial charge in [-0.05, 0) is 48.6 Å². The van der Waals surface area contributed by atoms with Crippen LogP contribution in [0.1, 0.15) is 27.9 Å². The number of hydrogen-bond acceptors (Lipinski definition) is 2. The van der Waals surface area contributed by atoms with Gasteiger partial charge in [-0.3, -0.25) is 4.79 Å². The summed E-state index contributed by atoms with van der Waals surface area (Å²) in [5.41, 5.74) is 0.313. The molecular formula is C19H18F2O2. The summed E-state index contributed by atoms with van der Waals surface area (Å²) in [4.78, 5) is 12.9. The second-order valence-electron chi connectivity index (χ2n) is 5.97. The lowest BCUT2D eigenvalue weighted by atomic mass is 9.67. The molecule has 120 valence electrons. The lowest BCUT2D eigenvalue weighted by molar-refractivity contribution is -0.00279. The summed E-state index contributed by atoms with van der Waals surface area (Å²) in [6.07, 6.45) is -2.02. The fourth-order valence-corrected chi connectivity index (χ4v) is 3.28. The average molecular weight is 316 g/mol. The first-order chi connectivity index (χ1) is 11.1. The Morgan fingerprint density at radius 1 is 1.17 bits per heavy atom. The molecule has 0 saturated carbocycles. The van der Waals surface area contributed by atoms with Gasteiger partial charge in [0.25, 0.3) is 6.43 Å². The third-order valence-corrected chi connectivity index (χ3v) is 4.63. The summed E-state index contributed by atoms with van der Waals surface area (Å²) in [7, 11) is 1.55. The Labute approximate surface area is 134 Å². The molecule has 0 N–H and O–H groups in total. The smallest absolute Gasteiger partial charge is 0.251 e. The number of halogens is 2. The number of rotatable bonds is 4. The van der Waals surface area contributed by atoms with E-state index in [1.54, 1.807) is 49.6 Å². The molecule has 2 nitrogen and oxygen atoms in total. The van der Waals surface area contributed by atoms with Crippen LogP contribution in [-0.2, 0) is 12.8 Å². The van der Waals surface area contributed by atoms with E-state index in [0.717, 1.165) is 11.1 Å². The Morgan fingerprint density at radius 2 is 1.91 bits per heavy atom. The molecule has 2 aromatic rings. The zero-order valence-corrected chi connectivity index (χ0v) is 12.9. The van der Waals surface area contributed by atoms with Gasteiger partial charge in [-0.25, -0.2) is 8.78 Å². The van der Waals surface area contributed by atoms with Gasteiger partial charge in [0.1, 0.15) is 5.75 Å². The average Bonchev–Trinajstić information content (AvgIpc) is 2.58. The molecule has 1 atom stereocenters. The van der Waals surface area contributed by atoms with Gasteiger partial charge < -0.3 is 4.74 Å². The summed E-state index contributed by atoms with van der Waals surface area (Å²) in [6, 6.07) is 14.1. The van der Waals surface area contributed by atoms with Crippen LogP contribution in [0.3, 0.4) is 0 Å². The summed E-state index contributed by atoms with van der Waals surface area (Å²) in [5.74, 6) is 0.185. The zero-order chi connectivity index (χ0) is 16.4. The van der Waals surface area contributed by atoms with Crippen LogP contribution < -0.4 is 4.74 Å². The largest absolute Gasteiger partial charge is 0.497 e. The fourth-order valence-electron chi connectivity index (χ4n) is 3.28. The molecule has 23 heavy (non-hydrogen) atoms. The molecule has 0 bridgehead atoms. The Morgan fingerprint density at radius 3 is 2.57 bits per heavy atom. The van der Waals surface area contributed by atoms with Crippen LogP contribution in [-0.4, -0.2) is 19.3 Å². The van der Waals surface area contributed by atoms with Crippen molar-refractivity contribution in [3.05, 3.63) is 65.2 Å². The Kier molecular flexibility index (Phi) is 4.16. The van der Waals surface area contributed by atoms with Crippen molar-refractivity contribution in [2.75, 3.05) is 7.11 Å². The highest BCUT2D eigenvalue weighted by Gasteiger charge is 2.49. The van der Waals surface area contributed by atoms with Crippen molar-refractivity contribution in [2.24, 2.45) is 5.41 Å². The second-order valence-corrected chi connectivity index (χ2v) is 5.97. The monoisotopic (exact) mass is 316 g/mol. The minimum atomic E-state index is -2.69. The molecule has 0 radical (unpaired) electrons. The molecule has 0 amide bonds. The lowest BCUT2D eigenvalue weighted by Crippen LogP contribution is -2.44. The van der Waals surface area contributed by atoms with E-state index in [-0.39, 0.29) is 12.8 Å². The number of carbonyl (C=O) groups is 1. The molecule has 3 rings (SSSR count). The number of alkyl halides is 2. The van der Waals surface area contributed by atoms with Crippen molar-refractivity contribution in [2.45, 2.75) is 25.7 Å². The zero-order valence-electron chi connectivity index (χ0n) is 12.9. The minimum absolute atomic E-state index is 0.0653. The first kappa shape index (κ1) is 15.7. The minimum Gasteiger partial charge on any atom is -0.497 e. The molecular weight excluding hydrogens is 298 g/mol. The topological polar surface area (TPSA) is 26.3 Å². The van der Waals surface area contributed by atoms with Gasteiger partial charge in [-0.1, -0.05) is 30.3 Å². The number of benzene rings is 2. The van der Waals surface area contributed by atoms with Crippen LogP contribution in [0.4, 0.5) is 8.78 Å².